The monoisotopic (exact) mass is 314 g/mol. The number of nitrogens with two attached hydrogens (primary N) is 1. The number of anilines is 1. The van der Waals surface area contributed by atoms with Crippen molar-refractivity contribution >= 4 is 27.4 Å². The Kier molecular flexibility index (Phi) is 2.65. The summed E-state index contributed by atoms with van der Waals surface area (Å²) in [5, 5.41) is 20.9. The summed E-state index contributed by atoms with van der Waals surface area (Å²) >= 11 is 3.38. The summed E-state index contributed by atoms with van der Waals surface area (Å²) < 4.78 is 2.41. The van der Waals surface area contributed by atoms with Crippen LogP contribution in [0.4, 0.5) is 5.82 Å². The third kappa shape index (κ3) is 1.92. The number of rotatable bonds is 1. The van der Waals surface area contributed by atoms with Crippen molar-refractivity contribution in [2.75, 3.05) is 5.73 Å². The summed E-state index contributed by atoms with van der Waals surface area (Å²) in [5.74, 6) is 0.191. The van der Waals surface area contributed by atoms with E-state index in [0.29, 0.717) is 5.65 Å². The fourth-order valence-corrected chi connectivity index (χ4v) is 1.98. The van der Waals surface area contributed by atoms with Crippen LogP contribution in [-0.2, 0) is 0 Å². The molecule has 0 atom stereocenters. The van der Waals surface area contributed by atoms with Crippen molar-refractivity contribution in [3.8, 4) is 17.3 Å². The minimum Gasteiger partial charge on any atom is -0.381 e. The molecule has 0 spiro atoms. The van der Waals surface area contributed by atoms with Crippen LogP contribution in [0.5, 0.6) is 0 Å². The Bertz CT molecular complexity index is 799. The highest BCUT2D eigenvalue weighted by Gasteiger charge is 2.11. The number of hydrogen-bond donors (Lipinski definition) is 1. The largest absolute Gasteiger partial charge is 0.381 e. The van der Waals surface area contributed by atoms with Crippen molar-refractivity contribution in [1.29, 1.82) is 5.26 Å². The van der Waals surface area contributed by atoms with Gasteiger partial charge >= 0.3 is 0 Å². The first-order valence-electron chi connectivity index (χ1n) is 5.37. The van der Waals surface area contributed by atoms with Gasteiger partial charge in [-0.3, -0.25) is 0 Å². The summed E-state index contributed by atoms with van der Waals surface area (Å²) in [7, 11) is 0. The van der Waals surface area contributed by atoms with Gasteiger partial charge in [-0.25, -0.2) is 0 Å². The van der Waals surface area contributed by atoms with Gasteiger partial charge in [0.05, 0.1) is 5.69 Å². The van der Waals surface area contributed by atoms with E-state index in [2.05, 4.69) is 31.2 Å². The van der Waals surface area contributed by atoms with Gasteiger partial charge in [-0.2, -0.15) is 14.9 Å². The van der Waals surface area contributed by atoms with Gasteiger partial charge in [-0.15, -0.1) is 10.2 Å². The van der Waals surface area contributed by atoms with E-state index in [1.54, 1.807) is 6.07 Å². The van der Waals surface area contributed by atoms with Gasteiger partial charge in [-0.05, 0) is 12.1 Å². The molecule has 6 nitrogen and oxygen atoms in total. The van der Waals surface area contributed by atoms with E-state index in [1.165, 1.54) is 4.52 Å². The molecule has 2 heterocycles. The molecule has 7 heteroatoms. The number of hydrogen-bond acceptors (Lipinski definition) is 5. The number of benzene rings is 1. The molecule has 3 aromatic rings. The Hall–Kier alpha value is -2.46. The molecule has 0 saturated heterocycles. The molecular weight excluding hydrogens is 308 g/mol. The zero-order valence-electron chi connectivity index (χ0n) is 9.58. The van der Waals surface area contributed by atoms with Crippen LogP contribution in [0.1, 0.15) is 5.69 Å². The van der Waals surface area contributed by atoms with Crippen LogP contribution in [0.3, 0.4) is 0 Å². The molecule has 0 radical (unpaired) electrons. The molecule has 19 heavy (non-hydrogen) atoms. The lowest BCUT2D eigenvalue weighted by Gasteiger charge is -1.98. The molecule has 0 amide bonds. The summed E-state index contributed by atoms with van der Waals surface area (Å²) in [4.78, 5) is 0. The second kappa shape index (κ2) is 4.33. The van der Waals surface area contributed by atoms with E-state index >= 15 is 0 Å². The maximum atomic E-state index is 8.85. The van der Waals surface area contributed by atoms with Crippen LogP contribution in [-0.4, -0.2) is 19.8 Å². The van der Waals surface area contributed by atoms with E-state index in [9.17, 15) is 0 Å². The van der Waals surface area contributed by atoms with Gasteiger partial charge in [-0.1, -0.05) is 28.1 Å². The van der Waals surface area contributed by atoms with E-state index in [4.69, 9.17) is 11.0 Å². The molecule has 0 saturated carbocycles. The van der Waals surface area contributed by atoms with E-state index in [1.807, 2.05) is 30.3 Å². The van der Waals surface area contributed by atoms with Crippen molar-refractivity contribution in [3.05, 3.63) is 40.5 Å². The quantitative estimate of drug-likeness (QED) is 0.741. The number of aromatic nitrogens is 4. The summed E-state index contributed by atoms with van der Waals surface area (Å²) in [6, 6.07) is 11.4. The number of fused-ring (bicyclic) bond motifs is 1. The minimum absolute atomic E-state index is 0.0676. The first-order valence-corrected chi connectivity index (χ1v) is 6.16. The Labute approximate surface area is 116 Å². The predicted molar refractivity (Wildman–Crippen MR) is 73.0 cm³/mol. The molecule has 2 N–H and O–H groups in total. The van der Waals surface area contributed by atoms with Crippen LogP contribution < -0.4 is 5.73 Å². The molecule has 2 aromatic heterocycles. The van der Waals surface area contributed by atoms with Crippen molar-refractivity contribution in [1.82, 2.24) is 19.8 Å². The molecule has 1 aromatic carbocycles. The Morgan fingerprint density at radius 3 is 2.63 bits per heavy atom. The van der Waals surface area contributed by atoms with E-state index < -0.39 is 0 Å². The predicted octanol–water partition coefficient (Wildman–Crippen LogP) is 2.01. The topological polar surface area (TPSA) is 92.9 Å². The van der Waals surface area contributed by atoms with E-state index in [-0.39, 0.29) is 11.5 Å². The third-order valence-corrected chi connectivity index (χ3v) is 3.19. The fourth-order valence-electron chi connectivity index (χ4n) is 1.71. The van der Waals surface area contributed by atoms with Gasteiger partial charge in [0.25, 0.3) is 0 Å². The Morgan fingerprint density at radius 2 is 1.95 bits per heavy atom. The van der Waals surface area contributed by atoms with Crippen LogP contribution >= 0.6 is 15.9 Å². The highest BCUT2D eigenvalue weighted by Crippen LogP contribution is 2.22. The molecule has 3 rings (SSSR count). The zero-order valence-corrected chi connectivity index (χ0v) is 11.2. The average molecular weight is 315 g/mol. The van der Waals surface area contributed by atoms with Crippen LogP contribution in [0.2, 0.25) is 0 Å². The molecule has 0 aliphatic heterocycles. The van der Waals surface area contributed by atoms with Gasteiger partial charge in [0, 0.05) is 16.1 Å². The van der Waals surface area contributed by atoms with Crippen molar-refractivity contribution < 1.29 is 0 Å². The number of nitriles is 1. The summed E-state index contributed by atoms with van der Waals surface area (Å²) in [6.07, 6.45) is 0. The lowest BCUT2D eigenvalue weighted by atomic mass is 10.2. The number of nitrogens with zero attached hydrogens (tertiary/aromatic N) is 5. The molecule has 0 aliphatic rings. The molecule has 0 bridgehead atoms. The Morgan fingerprint density at radius 1 is 1.21 bits per heavy atom. The zero-order chi connectivity index (χ0) is 13.4. The molecule has 0 aliphatic carbocycles. The maximum absolute atomic E-state index is 8.85. The normalized spacial score (nSPS) is 10.5. The smallest absolute Gasteiger partial charge is 0.205 e. The van der Waals surface area contributed by atoms with Crippen molar-refractivity contribution in [2.45, 2.75) is 0 Å². The van der Waals surface area contributed by atoms with Crippen LogP contribution in [0, 0.1) is 11.3 Å². The van der Waals surface area contributed by atoms with Crippen molar-refractivity contribution in [3.63, 3.8) is 0 Å². The standard InChI is InChI=1S/C12H7BrN6/c13-8-3-1-7(2-4-8)9-5-11-17-16-10(6-14)12(15)19(11)18-9/h1-5H,15H2. The third-order valence-electron chi connectivity index (χ3n) is 2.66. The lowest BCUT2D eigenvalue weighted by Crippen LogP contribution is -2.05. The Balaban J connectivity index is 2.20. The first kappa shape index (κ1) is 11.6. The second-order valence-electron chi connectivity index (χ2n) is 3.85. The fraction of sp³-hybridized carbons (Fsp3) is 0. The molecule has 0 unspecified atom stereocenters. The lowest BCUT2D eigenvalue weighted by molar-refractivity contribution is 0.894. The average Bonchev–Trinajstić information content (AvgIpc) is 2.85. The SMILES string of the molecule is N#Cc1nnc2cc(-c3ccc(Br)cc3)nn2c1N. The first-order chi connectivity index (χ1) is 9.19. The summed E-state index contributed by atoms with van der Waals surface area (Å²) in [5.41, 5.74) is 8.05. The molecule has 92 valence electrons. The number of nitrogen functional groups attached to an aromatic ring is 1. The van der Waals surface area contributed by atoms with Crippen LogP contribution in [0.15, 0.2) is 34.8 Å². The van der Waals surface area contributed by atoms with Crippen molar-refractivity contribution in [2.24, 2.45) is 0 Å². The van der Waals surface area contributed by atoms with Gasteiger partial charge in [0.1, 0.15) is 6.07 Å². The highest BCUT2D eigenvalue weighted by atomic mass is 79.9. The summed E-state index contributed by atoms with van der Waals surface area (Å²) in [6.45, 7) is 0. The van der Waals surface area contributed by atoms with Gasteiger partial charge in [0.15, 0.2) is 11.5 Å². The van der Waals surface area contributed by atoms with E-state index in [0.717, 1.165) is 15.7 Å². The molecule has 0 fully saturated rings. The van der Waals surface area contributed by atoms with Crippen LogP contribution in [0.25, 0.3) is 16.9 Å². The second-order valence-corrected chi connectivity index (χ2v) is 4.77. The van der Waals surface area contributed by atoms with Gasteiger partial charge in [0.2, 0.25) is 5.69 Å². The number of halogens is 1. The van der Waals surface area contributed by atoms with Gasteiger partial charge < -0.3 is 5.73 Å². The maximum Gasteiger partial charge on any atom is 0.205 e. The highest BCUT2D eigenvalue weighted by molar-refractivity contribution is 9.10. The minimum atomic E-state index is 0.0676. The molecular formula is C12H7BrN6.